The number of fused-ring (bicyclic) bond motifs is 1. The van der Waals surface area contributed by atoms with Crippen molar-refractivity contribution in [3.63, 3.8) is 0 Å². The maximum atomic E-state index is 12.6. The molecule has 0 aliphatic heterocycles. The molecule has 2 aromatic rings. The maximum absolute atomic E-state index is 12.6. The first kappa shape index (κ1) is 17.1. The fourth-order valence-corrected chi connectivity index (χ4v) is 3.72. The average Bonchev–Trinajstić information content (AvgIpc) is 2.62. The molecule has 1 amide bonds. The molecule has 1 atom stereocenters. The largest absolute Gasteiger partial charge is 0.301 e. The molecule has 0 unspecified atom stereocenters. The van der Waals surface area contributed by atoms with E-state index in [0.29, 0.717) is 16.5 Å². The van der Waals surface area contributed by atoms with E-state index in [-0.39, 0.29) is 17.7 Å². The summed E-state index contributed by atoms with van der Waals surface area (Å²) in [5.41, 5.74) is 1.65. The summed E-state index contributed by atoms with van der Waals surface area (Å²) in [4.78, 5) is 26.7. The van der Waals surface area contributed by atoms with Crippen molar-refractivity contribution in [3.05, 3.63) is 59.8 Å². The van der Waals surface area contributed by atoms with Gasteiger partial charge in [0, 0.05) is 6.42 Å². The molecule has 124 valence electrons. The Balaban J connectivity index is 2.08. The molecular weight excluding hydrogens is 413 g/mol. The van der Waals surface area contributed by atoms with E-state index >= 15 is 0 Å². The Morgan fingerprint density at radius 1 is 1.21 bits per heavy atom. The molecule has 0 aromatic heterocycles. The number of halogens is 1. The minimum Gasteiger partial charge on any atom is -0.301 e. The van der Waals surface area contributed by atoms with Crippen molar-refractivity contribution in [2.75, 3.05) is 4.43 Å². The molecule has 0 saturated heterocycles. The van der Waals surface area contributed by atoms with Crippen molar-refractivity contribution in [3.8, 4) is 0 Å². The second-order valence-corrected chi connectivity index (χ2v) is 6.81. The zero-order chi connectivity index (χ0) is 17.1. The van der Waals surface area contributed by atoms with Crippen molar-refractivity contribution < 1.29 is 9.59 Å². The molecule has 24 heavy (non-hydrogen) atoms. The molecule has 2 aromatic carbocycles. The van der Waals surface area contributed by atoms with Gasteiger partial charge in [-0.1, -0.05) is 71.1 Å². The van der Waals surface area contributed by atoms with Gasteiger partial charge < -0.3 is 4.90 Å². The number of carbonyl (C=O) groups is 2. The Bertz CT molecular complexity index is 807. The number of benzene rings is 2. The molecular formula is C20H20INO2. The van der Waals surface area contributed by atoms with Crippen LogP contribution in [-0.2, 0) is 9.59 Å². The third-order valence-corrected chi connectivity index (χ3v) is 5.19. The molecule has 0 radical (unpaired) electrons. The topological polar surface area (TPSA) is 37.4 Å². The van der Waals surface area contributed by atoms with E-state index in [0.717, 1.165) is 29.2 Å². The predicted octanol–water partition coefficient (Wildman–Crippen LogP) is 4.80. The van der Waals surface area contributed by atoms with Crippen LogP contribution in [0.15, 0.2) is 54.2 Å². The molecule has 1 aliphatic carbocycles. The van der Waals surface area contributed by atoms with E-state index in [2.05, 4.69) is 40.8 Å². The lowest BCUT2D eigenvalue weighted by Gasteiger charge is -2.32. The van der Waals surface area contributed by atoms with Gasteiger partial charge in [0.25, 0.3) is 0 Å². The van der Waals surface area contributed by atoms with Gasteiger partial charge in [-0.05, 0) is 36.1 Å². The zero-order valence-corrected chi connectivity index (χ0v) is 15.8. The van der Waals surface area contributed by atoms with Crippen molar-refractivity contribution in [2.24, 2.45) is 0 Å². The van der Waals surface area contributed by atoms with Crippen molar-refractivity contribution in [2.45, 2.75) is 32.2 Å². The molecule has 0 spiro atoms. The first-order chi connectivity index (χ1) is 11.6. The number of hydrogen-bond acceptors (Lipinski definition) is 2. The second-order valence-electron chi connectivity index (χ2n) is 6.05. The number of amides is 1. The van der Waals surface area contributed by atoms with Gasteiger partial charge in [-0.2, -0.15) is 0 Å². The SMILES string of the molecule is C[C@@H](c1cccc2ccccc12)N(C(=O)CI)C1=CCCCC1=O. The quantitative estimate of drug-likeness (QED) is 0.513. The van der Waals surface area contributed by atoms with Gasteiger partial charge in [0.2, 0.25) is 5.91 Å². The fraction of sp³-hybridized carbons (Fsp3) is 0.300. The Kier molecular flexibility index (Phi) is 5.33. The third kappa shape index (κ3) is 3.24. The number of hydrogen-bond donors (Lipinski definition) is 0. The summed E-state index contributed by atoms with van der Waals surface area (Å²) in [6, 6.07) is 14.1. The summed E-state index contributed by atoms with van der Waals surface area (Å²) < 4.78 is 0.359. The number of carbonyl (C=O) groups excluding carboxylic acids is 2. The number of nitrogens with zero attached hydrogens (tertiary/aromatic N) is 1. The van der Waals surface area contributed by atoms with Crippen LogP contribution in [0.2, 0.25) is 0 Å². The lowest BCUT2D eigenvalue weighted by atomic mass is 9.96. The van der Waals surface area contributed by atoms with Crippen LogP contribution in [0.4, 0.5) is 0 Å². The number of alkyl halides is 1. The molecule has 1 aliphatic rings. The highest BCUT2D eigenvalue weighted by atomic mass is 127. The minimum atomic E-state index is -0.174. The van der Waals surface area contributed by atoms with Crippen LogP contribution in [0.5, 0.6) is 0 Å². The van der Waals surface area contributed by atoms with E-state index in [1.54, 1.807) is 4.90 Å². The monoisotopic (exact) mass is 433 g/mol. The summed E-state index contributed by atoms with van der Waals surface area (Å²) >= 11 is 2.07. The van der Waals surface area contributed by atoms with Gasteiger partial charge in [-0.3, -0.25) is 9.59 Å². The van der Waals surface area contributed by atoms with Crippen LogP contribution >= 0.6 is 22.6 Å². The second kappa shape index (κ2) is 7.47. The van der Waals surface area contributed by atoms with E-state index in [9.17, 15) is 9.59 Å². The van der Waals surface area contributed by atoms with Gasteiger partial charge in [0.1, 0.15) is 0 Å². The Morgan fingerprint density at radius 2 is 1.96 bits per heavy atom. The fourth-order valence-electron chi connectivity index (χ4n) is 3.35. The van der Waals surface area contributed by atoms with Crippen LogP contribution in [0.1, 0.15) is 37.8 Å². The highest BCUT2D eigenvalue weighted by Gasteiger charge is 2.30. The number of rotatable bonds is 4. The van der Waals surface area contributed by atoms with Gasteiger partial charge in [0.05, 0.1) is 16.2 Å². The summed E-state index contributed by atoms with van der Waals surface area (Å²) in [7, 11) is 0. The van der Waals surface area contributed by atoms with Gasteiger partial charge in [-0.15, -0.1) is 0 Å². The lowest BCUT2D eigenvalue weighted by molar-refractivity contribution is -0.131. The maximum Gasteiger partial charge on any atom is 0.237 e. The minimum absolute atomic E-state index is 0.0162. The number of allylic oxidation sites excluding steroid dienone is 2. The Labute approximate surface area is 155 Å². The van der Waals surface area contributed by atoms with Crippen LogP contribution in [0.3, 0.4) is 0 Å². The van der Waals surface area contributed by atoms with Crippen LogP contribution in [-0.4, -0.2) is 21.0 Å². The summed E-state index contributed by atoms with van der Waals surface area (Å²) in [5, 5.41) is 2.27. The van der Waals surface area contributed by atoms with Crippen LogP contribution in [0, 0.1) is 0 Å². The number of Topliss-reactive ketones (excluding diaryl/α,β-unsaturated/α-hetero) is 1. The first-order valence-electron chi connectivity index (χ1n) is 8.22. The highest BCUT2D eigenvalue weighted by molar-refractivity contribution is 14.1. The molecule has 0 saturated carbocycles. The highest BCUT2D eigenvalue weighted by Crippen LogP contribution is 2.32. The van der Waals surface area contributed by atoms with Gasteiger partial charge in [0.15, 0.2) is 5.78 Å². The summed E-state index contributed by atoms with van der Waals surface area (Å²) in [6.45, 7) is 2.01. The van der Waals surface area contributed by atoms with Crippen LogP contribution in [0.25, 0.3) is 10.8 Å². The third-order valence-electron chi connectivity index (χ3n) is 4.53. The van der Waals surface area contributed by atoms with Gasteiger partial charge in [-0.25, -0.2) is 0 Å². The number of ketones is 1. The molecule has 0 bridgehead atoms. The van der Waals surface area contributed by atoms with Gasteiger partial charge >= 0.3 is 0 Å². The molecule has 0 N–H and O–H groups in total. The van der Waals surface area contributed by atoms with Crippen molar-refractivity contribution >= 4 is 45.1 Å². The average molecular weight is 433 g/mol. The molecule has 0 fully saturated rings. The molecule has 3 nitrogen and oxygen atoms in total. The molecule has 3 rings (SSSR count). The standard InChI is InChI=1S/C20H20INO2/c1-14(16-10-6-8-15-7-2-3-9-17(15)16)22(20(24)13-21)18-11-4-5-12-19(18)23/h2-3,6-11,14H,4-5,12-13H2,1H3/t14-/m0/s1. The van der Waals surface area contributed by atoms with Crippen LogP contribution < -0.4 is 0 Å². The lowest BCUT2D eigenvalue weighted by Crippen LogP contribution is -2.37. The summed E-state index contributed by atoms with van der Waals surface area (Å²) in [5.74, 6) is 0.0593. The first-order valence-corrected chi connectivity index (χ1v) is 9.75. The molecule has 4 heteroatoms. The Morgan fingerprint density at radius 3 is 2.71 bits per heavy atom. The van der Waals surface area contributed by atoms with Crippen molar-refractivity contribution in [1.82, 2.24) is 4.90 Å². The molecule has 0 heterocycles. The van der Waals surface area contributed by atoms with Crippen molar-refractivity contribution in [1.29, 1.82) is 0 Å². The van der Waals surface area contributed by atoms with E-state index in [4.69, 9.17) is 0 Å². The van der Waals surface area contributed by atoms with E-state index in [1.165, 1.54) is 0 Å². The predicted molar refractivity (Wildman–Crippen MR) is 105 cm³/mol. The Hall–Kier alpha value is -1.69. The summed E-state index contributed by atoms with van der Waals surface area (Å²) in [6.07, 6.45) is 4.18. The zero-order valence-electron chi connectivity index (χ0n) is 13.7. The van der Waals surface area contributed by atoms with E-state index < -0.39 is 0 Å². The normalized spacial score (nSPS) is 15.9. The smallest absolute Gasteiger partial charge is 0.237 e. The van der Waals surface area contributed by atoms with E-state index in [1.807, 2.05) is 37.3 Å².